The van der Waals surface area contributed by atoms with E-state index in [0.29, 0.717) is 0 Å². The van der Waals surface area contributed by atoms with Crippen LogP contribution >= 0.6 is 0 Å². The summed E-state index contributed by atoms with van der Waals surface area (Å²) < 4.78 is 15.1. The second-order valence-corrected chi connectivity index (χ2v) is 11.1. The fourth-order valence-corrected chi connectivity index (χ4v) is 6.12. The average Bonchev–Trinajstić information content (AvgIpc) is 3.34. The smallest absolute Gasteiger partial charge is 0.137 e. The molecule has 1 aliphatic rings. The molecule has 0 spiro atoms. The van der Waals surface area contributed by atoms with Gasteiger partial charge in [-0.3, -0.25) is 9.55 Å². The first-order valence-electron chi connectivity index (χ1n) is 14.1. The molecule has 7 aromatic rings. The largest absolute Gasteiger partial charge is 0.457 e. The van der Waals surface area contributed by atoms with Crippen LogP contribution in [0.5, 0.6) is 23.0 Å². The Hall–Kier alpha value is -5.42. The first-order valence-corrected chi connectivity index (χ1v) is 14.1. The molecule has 0 fully saturated rings. The Morgan fingerprint density at radius 3 is 2.24 bits per heavy atom. The van der Waals surface area contributed by atoms with E-state index in [2.05, 4.69) is 59.8 Å². The molecular formula is C37H27N3O2. The second-order valence-electron chi connectivity index (χ2n) is 11.1. The van der Waals surface area contributed by atoms with Gasteiger partial charge >= 0.3 is 0 Å². The van der Waals surface area contributed by atoms with Crippen molar-refractivity contribution in [2.45, 2.75) is 19.3 Å². The number of fused-ring (bicyclic) bond motifs is 5. The topological polar surface area (TPSA) is 49.2 Å². The summed E-state index contributed by atoms with van der Waals surface area (Å²) in [5.41, 5.74) is 6.11. The van der Waals surface area contributed by atoms with Crippen molar-refractivity contribution in [1.82, 2.24) is 14.5 Å². The minimum Gasteiger partial charge on any atom is -0.457 e. The van der Waals surface area contributed by atoms with E-state index in [-0.39, 0.29) is 5.41 Å². The SMILES string of the molecule is CC1(C)c2ccccc2Oc2cc3c(cc21)c1ccc(Oc2cccc(-c4ccccn4)c2)cc1n3-c1ccccn1. The highest BCUT2D eigenvalue weighted by molar-refractivity contribution is 6.10. The van der Waals surface area contributed by atoms with Crippen LogP contribution < -0.4 is 9.47 Å². The Balaban J connectivity index is 1.30. The number of aromatic nitrogens is 3. The van der Waals surface area contributed by atoms with Gasteiger partial charge in [0.1, 0.15) is 28.8 Å². The van der Waals surface area contributed by atoms with Crippen molar-refractivity contribution in [3.8, 4) is 40.1 Å². The lowest BCUT2D eigenvalue weighted by Gasteiger charge is -2.34. The van der Waals surface area contributed by atoms with E-state index in [9.17, 15) is 0 Å². The van der Waals surface area contributed by atoms with Crippen molar-refractivity contribution in [3.63, 3.8) is 0 Å². The van der Waals surface area contributed by atoms with Crippen molar-refractivity contribution in [2.24, 2.45) is 0 Å². The molecule has 202 valence electrons. The summed E-state index contributed by atoms with van der Waals surface area (Å²) in [5, 5.41) is 2.27. The lowest BCUT2D eigenvalue weighted by molar-refractivity contribution is 0.419. The molecule has 1 aliphatic heterocycles. The van der Waals surface area contributed by atoms with Crippen LogP contribution in [0.1, 0.15) is 25.0 Å². The molecule has 0 aliphatic carbocycles. The van der Waals surface area contributed by atoms with Gasteiger partial charge < -0.3 is 9.47 Å². The molecule has 0 N–H and O–H groups in total. The second kappa shape index (κ2) is 9.32. The van der Waals surface area contributed by atoms with Crippen LogP contribution in [0.3, 0.4) is 0 Å². The zero-order chi connectivity index (χ0) is 28.3. The van der Waals surface area contributed by atoms with Crippen LogP contribution in [0.15, 0.2) is 128 Å². The minimum atomic E-state index is -0.209. The molecule has 5 heteroatoms. The Bertz CT molecular complexity index is 2120. The van der Waals surface area contributed by atoms with Crippen molar-refractivity contribution in [2.75, 3.05) is 0 Å². The maximum Gasteiger partial charge on any atom is 0.137 e. The monoisotopic (exact) mass is 545 g/mol. The number of hydrogen-bond donors (Lipinski definition) is 0. The molecular weight excluding hydrogens is 518 g/mol. The maximum absolute atomic E-state index is 6.49. The summed E-state index contributed by atoms with van der Waals surface area (Å²) >= 11 is 0. The molecule has 0 saturated carbocycles. The van der Waals surface area contributed by atoms with Crippen molar-refractivity contribution in [3.05, 3.63) is 139 Å². The van der Waals surface area contributed by atoms with Gasteiger partial charge in [-0.05, 0) is 60.7 Å². The molecule has 0 unspecified atom stereocenters. The number of rotatable bonds is 4. The summed E-state index contributed by atoms with van der Waals surface area (Å²) in [4.78, 5) is 9.22. The predicted molar refractivity (Wildman–Crippen MR) is 167 cm³/mol. The molecule has 0 bridgehead atoms. The van der Waals surface area contributed by atoms with E-state index >= 15 is 0 Å². The highest BCUT2D eigenvalue weighted by Crippen LogP contribution is 2.50. The third-order valence-electron chi connectivity index (χ3n) is 8.20. The lowest BCUT2D eigenvalue weighted by atomic mass is 9.75. The van der Waals surface area contributed by atoms with Gasteiger partial charge in [-0.2, -0.15) is 0 Å². The van der Waals surface area contributed by atoms with E-state index in [0.717, 1.165) is 61.9 Å². The highest BCUT2D eigenvalue weighted by atomic mass is 16.5. The molecule has 4 heterocycles. The fraction of sp³-hybridized carbons (Fsp3) is 0.0811. The van der Waals surface area contributed by atoms with Gasteiger partial charge in [-0.1, -0.05) is 56.3 Å². The lowest BCUT2D eigenvalue weighted by Crippen LogP contribution is -2.24. The number of benzene rings is 4. The number of para-hydroxylation sites is 1. The van der Waals surface area contributed by atoms with Gasteiger partial charge in [0.05, 0.1) is 16.7 Å². The number of pyridine rings is 2. The molecule has 3 aromatic heterocycles. The van der Waals surface area contributed by atoms with Gasteiger partial charge in [0.25, 0.3) is 0 Å². The minimum absolute atomic E-state index is 0.209. The summed E-state index contributed by atoms with van der Waals surface area (Å²) in [5.74, 6) is 4.10. The van der Waals surface area contributed by atoms with Crippen LogP contribution in [0.2, 0.25) is 0 Å². The van der Waals surface area contributed by atoms with Gasteiger partial charge in [0, 0.05) is 57.4 Å². The van der Waals surface area contributed by atoms with Gasteiger partial charge in [0.2, 0.25) is 0 Å². The van der Waals surface area contributed by atoms with Crippen molar-refractivity contribution < 1.29 is 9.47 Å². The molecule has 8 rings (SSSR count). The average molecular weight is 546 g/mol. The fourth-order valence-electron chi connectivity index (χ4n) is 6.12. The van der Waals surface area contributed by atoms with Crippen LogP contribution in [-0.2, 0) is 5.41 Å². The van der Waals surface area contributed by atoms with Crippen LogP contribution in [0.4, 0.5) is 0 Å². The summed E-state index contributed by atoms with van der Waals surface area (Å²) in [6.07, 6.45) is 3.63. The Morgan fingerprint density at radius 1 is 0.619 bits per heavy atom. The van der Waals surface area contributed by atoms with E-state index < -0.39 is 0 Å². The number of nitrogens with zero attached hydrogens (tertiary/aromatic N) is 3. The first-order chi connectivity index (χ1) is 20.6. The standard InChI is InChI=1S/C37H27N3O2/c1-37(2)29-12-3-4-14-34(29)42-35-23-33-28(22-30(35)37)27-17-16-26(21-32(27)40(33)36-15-6-8-19-39-36)41-25-11-9-10-24(20-25)31-13-5-7-18-38-31/h3-23H,1-2H3. The van der Waals surface area contributed by atoms with E-state index in [4.69, 9.17) is 14.5 Å². The third kappa shape index (κ3) is 3.85. The summed E-state index contributed by atoms with van der Waals surface area (Å²) in [6.45, 7) is 4.53. The Morgan fingerprint density at radius 2 is 1.40 bits per heavy atom. The molecule has 0 saturated heterocycles. The van der Waals surface area contributed by atoms with Gasteiger partial charge in [0.15, 0.2) is 0 Å². The van der Waals surface area contributed by atoms with E-state index in [1.165, 1.54) is 11.1 Å². The van der Waals surface area contributed by atoms with Crippen molar-refractivity contribution in [1.29, 1.82) is 0 Å². The van der Waals surface area contributed by atoms with E-state index in [1.807, 2.05) is 85.1 Å². The molecule has 0 atom stereocenters. The summed E-state index contributed by atoms with van der Waals surface area (Å²) in [6, 6.07) is 38.9. The highest BCUT2D eigenvalue weighted by Gasteiger charge is 2.35. The van der Waals surface area contributed by atoms with Gasteiger partial charge in [-0.25, -0.2) is 4.98 Å². The van der Waals surface area contributed by atoms with E-state index in [1.54, 1.807) is 6.20 Å². The van der Waals surface area contributed by atoms with Gasteiger partial charge in [-0.15, -0.1) is 0 Å². The maximum atomic E-state index is 6.49. The number of ether oxygens (including phenoxy) is 2. The zero-order valence-electron chi connectivity index (χ0n) is 23.3. The van der Waals surface area contributed by atoms with Crippen LogP contribution in [0.25, 0.3) is 38.9 Å². The third-order valence-corrected chi connectivity index (χ3v) is 8.20. The molecule has 4 aromatic carbocycles. The van der Waals surface area contributed by atoms with Crippen LogP contribution in [0, 0.1) is 0 Å². The molecule has 42 heavy (non-hydrogen) atoms. The Kier molecular flexibility index (Phi) is 5.41. The predicted octanol–water partition coefficient (Wildman–Crippen LogP) is 9.46. The molecule has 5 nitrogen and oxygen atoms in total. The van der Waals surface area contributed by atoms with Crippen molar-refractivity contribution >= 4 is 21.8 Å². The number of hydrogen-bond acceptors (Lipinski definition) is 4. The molecule has 0 radical (unpaired) electrons. The van der Waals surface area contributed by atoms with Crippen LogP contribution in [-0.4, -0.2) is 14.5 Å². The quantitative estimate of drug-likeness (QED) is 0.221. The zero-order valence-corrected chi connectivity index (χ0v) is 23.3. The molecule has 0 amide bonds. The Labute approximate surface area is 243 Å². The first kappa shape index (κ1) is 24.4. The normalized spacial score (nSPS) is 13.4. The summed E-state index contributed by atoms with van der Waals surface area (Å²) in [7, 11) is 0.